The zero-order valence-electron chi connectivity index (χ0n) is 10.2. The number of nitrogens with zero attached hydrogens (tertiary/aromatic N) is 1. The van der Waals surface area contributed by atoms with Crippen molar-refractivity contribution in [1.82, 2.24) is 4.90 Å². The molecule has 1 atom stereocenters. The molecule has 4 nitrogen and oxygen atoms in total. The van der Waals surface area contributed by atoms with Crippen LogP contribution >= 0.6 is 23.1 Å². The molecule has 0 radical (unpaired) electrons. The molecule has 2 rings (SSSR count). The summed E-state index contributed by atoms with van der Waals surface area (Å²) in [5.41, 5.74) is 6.31. The van der Waals surface area contributed by atoms with Gasteiger partial charge in [0.2, 0.25) is 11.8 Å². The lowest BCUT2D eigenvalue weighted by Crippen LogP contribution is -2.39. The minimum Gasteiger partial charge on any atom is -0.369 e. The first kappa shape index (κ1) is 13.4. The van der Waals surface area contributed by atoms with E-state index in [4.69, 9.17) is 5.73 Å². The van der Waals surface area contributed by atoms with Crippen LogP contribution in [0.25, 0.3) is 0 Å². The summed E-state index contributed by atoms with van der Waals surface area (Å²) in [6.45, 7) is 2.83. The highest BCUT2D eigenvalue weighted by Gasteiger charge is 2.27. The number of primary amides is 1. The highest BCUT2D eigenvalue weighted by molar-refractivity contribution is 8.00. The predicted octanol–water partition coefficient (Wildman–Crippen LogP) is 1.41. The molecule has 1 unspecified atom stereocenters. The molecule has 0 saturated carbocycles. The molecule has 18 heavy (non-hydrogen) atoms. The van der Waals surface area contributed by atoms with Crippen LogP contribution in [-0.2, 0) is 16.0 Å². The van der Waals surface area contributed by atoms with Gasteiger partial charge in [-0.1, -0.05) is 0 Å². The molecule has 98 valence electrons. The number of fused-ring (bicyclic) bond motifs is 1. The zero-order chi connectivity index (χ0) is 13.1. The first-order valence-electron chi connectivity index (χ1n) is 5.81. The standard InChI is InChI=1S/C12H16N2O2S2/c1-8-9-3-5-18-10(9)2-4-14(8)12(16)7-17-6-11(13)15/h3,5,8H,2,4,6-7H2,1H3,(H2,13,15). The summed E-state index contributed by atoms with van der Waals surface area (Å²) in [4.78, 5) is 26.0. The SMILES string of the molecule is CC1c2ccsc2CCN1C(=O)CSCC(N)=O. The van der Waals surface area contributed by atoms with Crippen molar-refractivity contribution in [3.63, 3.8) is 0 Å². The minimum absolute atomic E-state index is 0.0885. The summed E-state index contributed by atoms with van der Waals surface area (Å²) in [5.74, 6) is 0.245. The Morgan fingerprint density at radius 1 is 1.56 bits per heavy atom. The van der Waals surface area contributed by atoms with Crippen LogP contribution in [0.3, 0.4) is 0 Å². The molecule has 1 aromatic rings. The van der Waals surface area contributed by atoms with Crippen LogP contribution in [0.15, 0.2) is 11.4 Å². The van der Waals surface area contributed by atoms with E-state index in [-0.39, 0.29) is 23.6 Å². The van der Waals surface area contributed by atoms with Crippen molar-refractivity contribution >= 4 is 34.9 Å². The number of hydrogen-bond acceptors (Lipinski definition) is 4. The molecule has 1 aliphatic heterocycles. The molecule has 1 aromatic heterocycles. The lowest BCUT2D eigenvalue weighted by Gasteiger charge is -2.33. The number of carbonyl (C=O) groups is 2. The van der Waals surface area contributed by atoms with Crippen molar-refractivity contribution in [1.29, 1.82) is 0 Å². The number of amides is 2. The highest BCUT2D eigenvalue weighted by Crippen LogP contribution is 2.32. The molecule has 0 saturated heterocycles. The fraction of sp³-hybridized carbons (Fsp3) is 0.500. The molecule has 0 aromatic carbocycles. The fourth-order valence-electron chi connectivity index (χ4n) is 2.17. The second kappa shape index (κ2) is 5.75. The molecule has 0 bridgehead atoms. The van der Waals surface area contributed by atoms with Gasteiger partial charge in [-0.2, -0.15) is 0 Å². The van der Waals surface area contributed by atoms with E-state index in [1.807, 2.05) is 4.90 Å². The monoisotopic (exact) mass is 284 g/mol. The first-order valence-corrected chi connectivity index (χ1v) is 7.85. The van der Waals surface area contributed by atoms with Gasteiger partial charge in [0, 0.05) is 11.4 Å². The van der Waals surface area contributed by atoms with E-state index in [9.17, 15) is 9.59 Å². The second-order valence-electron chi connectivity index (χ2n) is 4.27. The number of rotatable bonds is 4. The third-order valence-electron chi connectivity index (χ3n) is 3.07. The fourth-order valence-corrected chi connectivity index (χ4v) is 3.78. The van der Waals surface area contributed by atoms with Gasteiger partial charge in [-0.25, -0.2) is 0 Å². The topological polar surface area (TPSA) is 63.4 Å². The van der Waals surface area contributed by atoms with Crippen LogP contribution in [-0.4, -0.2) is 34.8 Å². The Balaban J connectivity index is 1.94. The Bertz CT molecular complexity index is 459. The van der Waals surface area contributed by atoms with E-state index >= 15 is 0 Å². The lowest BCUT2D eigenvalue weighted by atomic mass is 10.0. The molecule has 2 amide bonds. The van der Waals surface area contributed by atoms with Gasteiger partial charge in [-0.3, -0.25) is 9.59 Å². The van der Waals surface area contributed by atoms with E-state index in [1.165, 1.54) is 22.2 Å². The summed E-state index contributed by atoms with van der Waals surface area (Å²) >= 11 is 3.05. The highest BCUT2D eigenvalue weighted by atomic mass is 32.2. The summed E-state index contributed by atoms with van der Waals surface area (Å²) in [6, 6.07) is 2.24. The smallest absolute Gasteiger partial charge is 0.233 e. The van der Waals surface area contributed by atoms with Crippen molar-refractivity contribution in [3.05, 3.63) is 21.9 Å². The third kappa shape index (κ3) is 2.87. The number of hydrogen-bond donors (Lipinski definition) is 1. The van der Waals surface area contributed by atoms with Crippen LogP contribution in [0.2, 0.25) is 0 Å². The Hall–Kier alpha value is -1.01. The Morgan fingerprint density at radius 2 is 2.33 bits per heavy atom. The predicted molar refractivity (Wildman–Crippen MR) is 74.7 cm³/mol. The van der Waals surface area contributed by atoms with E-state index in [0.717, 1.165) is 13.0 Å². The van der Waals surface area contributed by atoms with Crippen LogP contribution in [0, 0.1) is 0 Å². The molecular formula is C12H16N2O2S2. The normalized spacial score (nSPS) is 18.5. The largest absolute Gasteiger partial charge is 0.369 e. The van der Waals surface area contributed by atoms with Gasteiger partial charge < -0.3 is 10.6 Å². The van der Waals surface area contributed by atoms with Crippen molar-refractivity contribution in [3.8, 4) is 0 Å². The summed E-state index contributed by atoms with van der Waals surface area (Å²) in [5, 5.41) is 2.08. The third-order valence-corrected chi connectivity index (χ3v) is 5.00. The van der Waals surface area contributed by atoms with Crippen LogP contribution in [0.1, 0.15) is 23.4 Å². The molecule has 0 spiro atoms. The van der Waals surface area contributed by atoms with Crippen LogP contribution < -0.4 is 5.73 Å². The zero-order valence-corrected chi connectivity index (χ0v) is 11.9. The van der Waals surface area contributed by atoms with Gasteiger partial charge in [0.05, 0.1) is 17.5 Å². The molecule has 0 fully saturated rings. The Labute approximate surface area is 115 Å². The molecule has 6 heteroatoms. The Kier molecular flexibility index (Phi) is 4.29. The summed E-state index contributed by atoms with van der Waals surface area (Å²) < 4.78 is 0. The summed E-state index contributed by atoms with van der Waals surface area (Å²) in [7, 11) is 0. The van der Waals surface area contributed by atoms with Gasteiger partial charge in [-0.15, -0.1) is 23.1 Å². The quantitative estimate of drug-likeness (QED) is 0.909. The Morgan fingerprint density at radius 3 is 3.06 bits per heavy atom. The van der Waals surface area contributed by atoms with E-state index in [1.54, 1.807) is 11.3 Å². The second-order valence-corrected chi connectivity index (χ2v) is 6.26. The maximum Gasteiger partial charge on any atom is 0.233 e. The lowest BCUT2D eigenvalue weighted by molar-refractivity contribution is -0.130. The summed E-state index contributed by atoms with van der Waals surface area (Å²) in [6.07, 6.45) is 0.934. The number of carbonyl (C=O) groups excluding carboxylic acids is 2. The van der Waals surface area contributed by atoms with Crippen molar-refractivity contribution in [2.24, 2.45) is 5.73 Å². The van der Waals surface area contributed by atoms with Crippen molar-refractivity contribution < 1.29 is 9.59 Å². The van der Waals surface area contributed by atoms with Crippen molar-refractivity contribution in [2.75, 3.05) is 18.1 Å². The van der Waals surface area contributed by atoms with Gasteiger partial charge in [-0.05, 0) is 30.4 Å². The molecule has 0 aliphatic carbocycles. The molecular weight excluding hydrogens is 268 g/mol. The van der Waals surface area contributed by atoms with Gasteiger partial charge >= 0.3 is 0 Å². The maximum atomic E-state index is 12.1. The van der Waals surface area contributed by atoms with Gasteiger partial charge in [0.15, 0.2) is 0 Å². The van der Waals surface area contributed by atoms with E-state index < -0.39 is 0 Å². The average molecular weight is 284 g/mol. The molecule has 2 heterocycles. The van der Waals surface area contributed by atoms with E-state index in [0.29, 0.717) is 5.75 Å². The average Bonchev–Trinajstić information content (AvgIpc) is 2.77. The number of thiophene rings is 1. The minimum atomic E-state index is -0.375. The van der Waals surface area contributed by atoms with Gasteiger partial charge in [0.25, 0.3) is 0 Å². The molecule has 1 aliphatic rings. The molecule has 2 N–H and O–H groups in total. The van der Waals surface area contributed by atoms with Crippen LogP contribution in [0.4, 0.5) is 0 Å². The maximum absolute atomic E-state index is 12.1. The van der Waals surface area contributed by atoms with Crippen molar-refractivity contribution in [2.45, 2.75) is 19.4 Å². The van der Waals surface area contributed by atoms with Crippen LogP contribution in [0.5, 0.6) is 0 Å². The van der Waals surface area contributed by atoms with E-state index in [2.05, 4.69) is 18.4 Å². The van der Waals surface area contributed by atoms with Gasteiger partial charge in [0.1, 0.15) is 0 Å². The first-order chi connectivity index (χ1) is 8.59. The number of nitrogens with two attached hydrogens (primary N) is 1. The number of thioether (sulfide) groups is 1.